The Bertz CT molecular complexity index is 539. The van der Waals surface area contributed by atoms with Gasteiger partial charge in [-0.1, -0.05) is 0 Å². The van der Waals surface area contributed by atoms with Gasteiger partial charge in [0.2, 0.25) is 0 Å². The summed E-state index contributed by atoms with van der Waals surface area (Å²) in [4.78, 5) is 25.4. The number of aromatic nitrogens is 2. The standard InChI is InChI=1S/C15H23N3O4/c1-15(2,3)22-14(20)17-9-6-11(7-10-17)18-12(5-8-16-18)13(19)21-4/h5,8,11H,6-7,9-10H2,1-4H3. The van der Waals surface area contributed by atoms with E-state index < -0.39 is 11.6 Å². The molecule has 1 aromatic rings. The van der Waals surface area contributed by atoms with Crippen molar-refractivity contribution in [3.63, 3.8) is 0 Å². The maximum Gasteiger partial charge on any atom is 0.410 e. The van der Waals surface area contributed by atoms with Gasteiger partial charge >= 0.3 is 12.1 Å². The predicted molar refractivity (Wildman–Crippen MR) is 79.6 cm³/mol. The Labute approximate surface area is 130 Å². The van der Waals surface area contributed by atoms with Crippen molar-refractivity contribution in [3.8, 4) is 0 Å². The van der Waals surface area contributed by atoms with Crippen LogP contribution in [0.2, 0.25) is 0 Å². The van der Waals surface area contributed by atoms with E-state index in [1.54, 1.807) is 21.8 Å². The van der Waals surface area contributed by atoms with E-state index in [0.717, 1.165) is 12.8 Å². The van der Waals surface area contributed by atoms with Gasteiger partial charge in [-0.2, -0.15) is 5.10 Å². The molecule has 0 radical (unpaired) electrons. The van der Waals surface area contributed by atoms with Crippen molar-refractivity contribution in [2.24, 2.45) is 0 Å². The van der Waals surface area contributed by atoms with Gasteiger partial charge in [0.15, 0.2) is 0 Å². The van der Waals surface area contributed by atoms with E-state index in [0.29, 0.717) is 18.8 Å². The number of piperidine rings is 1. The number of amides is 1. The Morgan fingerprint density at radius 1 is 1.27 bits per heavy atom. The van der Waals surface area contributed by atoms with Crippen molar-refractivity contribution in [2.45, 2.75) is 45.3 Å². The molecule has 22 heavy (non-hydrogen) atoms. The van der Waals surface area contributed by atoms with Crippen molar-refractivity contribution in [1.82, 2.24) is 14.7 Å². The van der Waals surface area contributed by atoms with Crippen molar-refractivity contribution < 1.29 is 19.1 Å². The summed E-state index contributed by atoms with van der Waals surface area (Å²) in [5, 5.41) is 4.22. The van der Waals surface area contributed by atoms with Crippen LogP contribution in [0.1, 0.15) is 50.1 Å². The summed E-state index contributed by atoms with van der Waals surface area (Å²) >= 11 is 0. The van der Waals surface area contributed by atoms with Crippen LogP contribution < -0.4 is 0 Å². The van der Waals surface area contributed by atoms with Crippen LogP contribution in [-0.2, 0) is 9.47 Å². The molecule has 7 heteroatoms. The maximum absolute atomic E-state index is 12.0. The van der Waals surface area contributed by atoms with Gasteiger partial charge in [0, 0.05) is 19.3 Å². The molecule has 1 aromatic heterocycles. The molecule has 2 rings (SSSR count). The van der Waals surface area contributed by atoms with Crippen LogP contribution in [0, 0.1) is 0 Å². The van der Waals surface area contributed by atoms with E-state index in [1.807, 2.05) is 20.8 Å². The monoisotopic (exact) mass is 309 g/mol. The summed E-state index contributed by atoms with van der Waals surface area (Å²) in [6, 6.07) is 1.73. The summed E-state index contributed by atoms with van der Waals surface area (Å²) in [5.74, 6) is -0.396. The predicted octanol–water partition coefficient (Wildman–Crippen LogP) is 2.24. The van der Waals surface area contributed by atoms with Crippen LogP contribution in [0.5, 0.6) is 0 Å². The van der Waals surface area contributed by atoms with Gasteiger partial charge < -0.3 is 14.4 Å². The first-order valence-electron chi connectivity index (χ1n) is 7.41. The minimum Gasteiger partial charge on any atom is -0.464 e. The second-order valence-electron chi connectivity index (χ2n) is 6.35. The summed E-state index contributed by atoms with van der Waals surface area (Å²) in [7, 11) is 1.35. The van der Waals surface area contributed by atoms with E-state index in [-0.39, 0.29) is 12.1 Å². The number of rotatable bonds is 2. The molecular formula is C15H23N3O4. The number of esters is 1. The second kappa shape index (κ2) is 6.37. The molecule has 0 bridgehead atoms. The summed E-state index contributed by atoms with van der Waals surface area (Å²) in [6.07, 6.45) is 2.75. The largest absolute Gasteiger partial charge is 0.464 e. The zero-order valence-electron chi connectivity index (χ0n) is 13.5. The number of likely N-dealkylation sites (tertiary alicyclic amines) is 1. The zero-order chi connectivity index (χ0) is 16.3. The molecule has 1 aliphatic rings. The third-order valence-corrected chi connectivity index (χ3v) is 3.53. The number of ether oxygens (including phenoxy) is 2. The first-order valence-corrected chi connectivity index (χ1v) is 7.41. The molecule has 0 aliphatic carbocycles. The molecule has 0 aromatic carbocycles. The molecule has 0 N–H and O–H groups in total. The second-order valence-corrected chi connectivity index (χ2v) is 6.35. The maximum atomic E-state index is 12.0. The van der Waals surface area contributed by atoms with Gasteiger partial charge in [-0.3, -0.25) is 4.68 Å². The van der Waals surface area contributed by atoms with E-state index >= 15 is 0 Å². The highest BCUT2D eigenvalue weighted by Gasteiger charge is 2.29. The minimum atomic E-state index is -0.492. The lowest BCUT2D eigenvalue weighted by molar-refractivity contribution is 0.0181. The lowest BCUT2D eigenvalue weighted by atomic mass is 10.1. The van der Waals surface area contributed by atoms with E-state index in [4.69, 9.17) is 9.47 Å². The average Bonchev–Trinajstić information content (AvgIpc) is 2.94. The van der Waals surface area contributed by atoms with Gasteiger partial charge in [0.25, 0.3) is 0 Å². The number of hydrogen-bond acceptors (Lipinski definition) is 5. The lowest BCUT2D eigenvalue weighted by Crippen LogP contribution is -2.42. The highest BCUT2D eigenvalue weighted by atomic mass is 16.6. The van der Waals surface area contributed by atoms with Gasteiger partial charge in [0.1, 0.15) is 11.3 Å². The Kier molecular flexibility index (Phi) is 4.73. The molecular weight excluding hydrogens is 286 g/mol. The summed E-state index contributed by atoms with van der Waals surface area (Å²) in [6.45, 7) is 6.72. The van der Waals surface area contributed by atoms with Crippen LogP contribution in [0.4, 0.5) is 4.79 Å². The molecule has 0 unspecified atom stereocenters. The molecule has 1 saturated heterocycles. The van der Waals surface area contributed by atoms with Crippen molar-refractivity contribution in [1.29, 1.82) is 0 Å². The normalized spacial score (nSPS) is 16.5. The average molecular weight is 309 g/mol. The Morgan fingerprint density at radius 3 is 2.45 bits per heavy atom. The highest BCUT2D eigenvalue weighted by Crippen LogP contribution is 2.24. The molecule has 0 saturated carbocycles. The Morgan fingerprint density at radius 2 is 1.91 bits per heavy atom. The first kappa shape index (κ1) is 16.3. The van der Waals surface area contributed by atoms with Gasteiger partial charge in [-0.05, 0) is 39.7 Å². The van der Waals surface area contributed by atoms with E-state index in [2.05, 4.69) is 5.10 Å². The molecule has 0 spiro atoms. The number of carbonyl (C=O) groups excluding carboxylic acids is 2. The Balaban J connectivity index is 1.97. The van der Waals surface area contributed by atoms with Crippen LogP contribution in [-0.4, -0.2) is 52.5 Å². The quantitative estimate of drug-likeness (QED) is 0.783. The first-order chi connectivity index (χ1) is 10.3. The van der Waals surface area contributed by atoms with E-state index in [9.17, 15) is 9.59 Å². The molecule has 1 aliphatic heterocycles. The third kappa shape index (κ3) is 3.78. The molecule has 2 heterocycles. The van der Waals surface area contributed by atoms with Crippen LogP contribution in [0.25, 0.3) is 0 Å². The van der Waals surface area contributed by atoms with Crippen molar-refractivity contribution >= 4 is 12.1 Å². The Hall–Kier alpha value is -2.05. The van der Waals surface area contributed by atoms with E-state index in [1.165, 1.54) is 7.11 Å². The lowest BCUT2D eigenvalue weighted by Gasteiger charge is -2.33. The van der Waals surface area contributed by atoms with Crippen LogP contribution >= 0.6 is 0 Å². The fourth-order valence-corrected chi connectivity index (χ4v) is 2.49. The minimum absolute atomic E-state index is 0.0859. The van der Waals surface area contributed by atoms with Crippen LogP contribution in [0.3, 0.4) is 0 Å². The fraction of sp³-hybridized carbons (Fsp3) is 0.667. The number of methoxy groups -OCH3 is 1. The van der Waals surface area contributed by atoms with Crippen molar-refractivity contribution in [2.75, 3.05) is 20.2 Å². The summed E-state index contributed by atoms with van der Waals surface area (Å²) < 4.78 is 11.8. The van der Waals surface area contributed by atoms with Crippen LogP contribution in [0.15, 0.2) is 12.3 Å². The molecule has 1 amide bonds. The summed E-state index contributed by atoms with van der Waals surface area (Å²) in [5.41, 5.74) is -0.0493. The zero-order valence-corrected chi connectivity index (χ0v) is 13.5. The van der Waals surface area contributed by atoms with Crippen molar-refractivity contribution in [3.05, 3.63) is 18.0 Å². The van der Waals surface area contributed by atoms with Gasteiger partial charge in [0.05, 0.1) is 13.2 Å². The van der Waals surface area contributed by atoms with Gasteiger partial charge in [-0.15, -0.1) is 0 Å². The third-order valence-electron chi connectivity index (χ3n) is 3.53. The molecule has 7 nitrogen and oxygen atoms in total. The number of carbonyl (C=O) groups is 2. The molecule has 0 atom stereocenters. The topological polar surface area (TPSA) is 73.7 Å². The SMILES string of the molecule is COC(=O)c1ccnn1C1CCN(C(=O)OC(C)(C)C)CC1. The van der Waals surface area contributed by atoms with Gasteiger partial charge in [-0.25, -0.2) is 9.59 Å². The highest BCUT2D eigenvalue weighted by molar-refractivity contribution is 5.87. The smallest absolute Gasteiger partial charge is 0.410 e. The number of nitrogens with zero attached hydrogens (tertiary/aromatic N) is 3. The fourth-order valence-electron chi connectivity index (χ4n) is 2.49. The molecule has 1 fully saturated rings. The molecule has 122 valence electrons. The number of hydrogen-bond donors (Lipinski definition) is 0.